The van der Waals surface area contributed by atoms with Gasteiger partial charge in [0.1, 0.15) is 0 Å². The third-order valence-electron chi connectivity index (χ3n) is 2.86. The number of para-hydroxylation sites is 1. The van der Waals surface area contributed by atoms with Crippen LogP contribution in [0.3, 0.4) is 0 Å². The summed E-state index contributed by atoms with van der Waals surface area (Å²) >= 11 is 0. The maximum Gasteiger partial charge on any atom is 0.0725 e. The molecular weight excluding hydrogens is 226 g/mol. The average molecular weight is 245 g/mol. The topological polar surface area (TPSA) is 60.2 Å². The Balaban J connectivity index is 2.37. The van der Waals surface area contributed by atoms with Gasteiger partial charge < -0.3 is 15.8 Å². The number of aryl methyl sites for hydroxylation is 1. The largest absolute Gasteiger partial charge is 0.383 e. The van der Waals surface area contributed by atoms with Crippen molar-refractivity contribution >= 4 is 16.6 Å². The number of ether oxygens (including phenoxy) is 1. The zero-order valence-corrected chi connectivity index (χ0v) is 10.8. The van der Waals surface area contributed by atoms with Gasteiger partial charge >= 0.3 is 0 Å². The molecule has 0 spiro atoms. The fraction of sp³-hybridized carbons (Fsp3) is 0.357. The third kappa shape index (κ3) is 2.78. The number of hydrogen-bond acceptors (Lipinski definition) is 4. The molecule has 3 N–H and O–H groups in total. The van der Waals surface area contributed by atoms with Crippen molar-refractivity contribution in [2.75, 3.05) is 25.6 Å². The smallest absolute Gasteiger partial charge is 0.0725 e. The van der Waals surface area contributed by atoms with E-state index in [1.165, 1.54) is 0 Å². The highest BCUT2D eigenvalue weighted by Gasteiger charge is 2.09. The van der Waals surface area contributed by atoms with Crippen molar-refractivity contribution in [2.45, 2.75) is 13.0 Å². The van der Waals surface area contributed by atoms with Crippen LogP contribution in [0, 0.1) is 6.92 Å². The molecule has 1 aromatic carbocycles. The molecule has 0 amide bonds. The van der Waals surface area contributed by atoms with E-state index < -0.39 is 0 Å². The zero-order chi connectivity index (χ0) is 13.0. The molecular formula is C14H19N3O. The number of nitrogens with two attached hydrogens (primary N) is 1. The van der Waals surface area contributed by atoms with Crippen molar-refractivity contribution in [3.8, 4) is 0 Å². The SMILES string of the molecule is COCC(CN)Nc1cc(C)nc2ccccc12. The van der Waals surface area contributed by atoms with Gasteiger partial charge in [0.15, 0.2) is 0 Å². The van der Waals surface area contributed by atoms with E-state index in [-0.39, 0.29) is 6.04 Å². The van der Waals surface area contributed by atoms with Gasteiger partial charge in [0.05, 0.1) is 18.2 Å². The number of methoxy groups -OCH3 is 1. The molecule has 1 aromatic heterocycles. The molecule has 96 valence electrons. The lowest BCUT2D eigenvalue weighted by Crippen LogP contribution is -2.33. The lowest BCUT2D eigenvalue weighted by Gasteiger charge is -2.18. The van der Waals surface area contributed by atoms with Crippen LogP contribution in [0.2, 0.25) is 0 Å². The van der Waals surface area contributed by atoms with Crippen LogP contribution in [0.5, 0.6) is 0 Å². The molecule has 1 unspecified atom stereocenters. The molecule has 0 radical (unpaired) electrons. The van der Waals surface area contributed by atoms with E-state index in [4.69, 9.17) is 10.5 Å². The van der Waals surface area contributed by atoms with E-state index in [0.717, 1.165) is 22.3 Å². The number of hydrogen-bond donors (Lipinski definition) is 2. The molecule has 0 saturated heterocycles. The minimum absolute atomic E-state index is 0.111. The number of pyridine rings is 1. The van der Waals surface area contributed by atoms with Gasteiger partial charge in [-0.15, -0.1) is 0 Å². The molecule has 0 bridgehead atoms. The Morgan fingerprint density at radius 2 is 2.17 bits per heavy atom. The van der Waals surface area contributed by atoms with Gasteiger partial charge in [0.25, 0.3) is 0 Å². The van der Waals surface area contributed by atoms with Gasteiger partial charge in [-0.3, -0.25) is 4.98 Å². The summed E-state index contributed by atoms with van der Waals surface area (Å²) in [5.74, 6) is 0. The van der Waals surface area contributed by atoms with Gasteiger partial charge in [0.2, 0.25) is 0 Å². The highest BCUT2D eigenvalue weighted by molar-refractivity contribution is 5.91. The highest BCUT2D eigenvalue weighted by atomic mass is 16.5. The van der Waals surface area contributed by atoms with Crippen molar-refractivity contribution in [1.82, 2.24) is 4.98 Å². The Kier molecular flexibility index (Phi) is 4.12. The number of nitrogens with zero attached hydrogens (tertiary/aromatic N) is 1. The number of aromatic nitrogens is 1. The summed E-state index contributed by atoms with van der Waals surface area (Å²) in [5, 5.41) is 4.53. The first-order chi connectivity index (χ1) is 8.74. The van der Waals surface area contributed by atoms with Crippen LogP contribution >= 0.6 is 0 Å². The van der Waals surface area contributed by atoms with Crippen molar-refractivity contribution in [1.29, 1.82) is 0 Å². The molecule has 1 heterocycles. The standard InChI is InChI=1S/C14H19N3O/c1-10-7-14(17-11(8-15)9-18-2)12-5-3-4-6-13(12)16-10/h3-7,11H,8-9,15H2,1-2H3,(H,16,17). The van der Waals surface area contributed by atoms with Crippen LogP contribution in [-0.2, 0) is 4.74 Å². The van der Waals surface area contributed by atoms with Crippen LogP contribution in [0.25, 0.3) is 10.9 Å². The summed E-state index contributed by atoms with van der Waals surface area (Å²) in [6.07, 6.45) is 0. The number of anilines is 1. The summed E-state index contributed by atoms with van der Waals surface area (Å²) in [5.41, 5.74) is 8.78. The number of rotatable bonds is 5. The Bertz CT molecular complexity index is 527. The molecule has 0 aliphatic heterocycles. The van der Waals surface area contributed by atoms with E-state index in [2.05, 4.69) is 16.4 Å². The first-order valence-corrected chi connectivity index (χ1v) is 6.06. The predicted molar refractivity (Wildman–Crippen MR) is 74.8 cm³/mol. The molecule has 4 nitrogen and oxygen atoms in total. The minimum Gasteiger partial charge on any atom is -0.383 e. The first kappa shape index (κ1) is 12.8. The summed E-state index contributed by atoms with van der Waals surface area (Å²) in [6, 6.07) is 10.2. The van der Waals surface area contributed by atoms with Crippen molar-refractivity contribution in [2.24, 2.45) is 5.73 Å². The second-order valence-corrected chi connectivity index (χ2v) is 4.36. The second-order valence-electron chi connectivity index (χ2n) is 4.36. The first-order valence-electron chi connectivity index (χ1n) is 6.06. The minimum atomic E-state index is 0.111. The van der Waals surface area contributed by atoms with Crippen LogP contribution in [0.1, 0.15) is 5.69 Å². The van der Waals surface area contributed by atoms with E-state index in [0.29, 0.717) is 13.2 Å². The Hall–Kier alpha value is -1.65. The van der Waals surface area contributed by atoms with Crippen LogP contribution < -0.4 is 11.1 Å². The second kappa shape index (κ2) is 5.80. The summed E-state index contributed by atoms with van der Waals surface area (Å²) in [7, 11) is 1.68. The number of benzene rings is 1. The summed E-state index contributed by atoms with van der Waals surface area (Å²) < 4.78 is 5.15. The lowest BCUT2D eigenvalue weighted by molar-refractivity contribution is 0.187. The quantitative estimate of drug-likeness (QED) is 0.845. The maximum absolute atomic E-state index is 5.73. The van der Waals surface area contributed by atoms with E-state index in [1.54, 1.807) is 7.11 Å². The van der Waals surface area contributed by atoms with Gasteiger partial charge in [-0.2, -0.15) is 0 Å². The number of fused-ring (bicyclic) bond motifs is 1. The third-order valence-corrected chi connectivity index (χ3v) is 2.86. The normalized spacial score (nSPS) is 12.6. The average Bonchev–Trinajstić information content (AvgIpc) is 2.38. The van der Waals surface area contributed by atoms with Crippen molar-refractivity contribution in [3.05, 3.63) is 36.0 Å². The van der Waals surface area contributed by atoms with Crippen molar-refractivity contribution in [3.63, 3.8) is 0 Å². The maximum atomic E-state index is 5.73. The van der Waals surface area contributed by atoms with Gasteiger partial charge in [-0.1, -0.05) is 18.2 Å². The molecule has 1 atom stereocenters. The summed E-state index contributed by atoms with van der Waals surface area (Å²) in [4.78, 5) is 4.51. The Morgan fingerprint density at radius 3 is 2.89 bits per heavy atom. The monoisotopic (exact) mass is 245 g/mol. The molecule has 2 aromatic rings. The van der Waals surface area contributed by atoms with Crippen LogP contribution in [0.15, 0.2) is 30.3 Å². The van der Waals surface area contributed by atoms with E-state index in [9.17, 15) is 0 Å². The lowest BCUT2D eigenvalue weighted by atomic mass is 10.1. The molecule has 0 aliphatic rings. The number of nitrogens with one attached hydrogen (secondary N) is 1. The summed E-state index contributed by atoms with van der Waals surface area (Å²) in [6.45, 7) is 3.11. The van der Waals surface area contributed by atoms with Gasteiger partial charge in [-0.25, -0.2) is 0 Å². The Labute approximate surface area is 107 Å². The van der Waals surface area contributed by atoms with Crippen LogP contribution in [-0.4, -0.2) is 31.3 Å². The fourth-order valence-corrected chi connectivity index (χ4v) is 2.02. The predicted octanol–water partition coefficient (Wildman–Crippen LogP) is 1.93. The van der Waals surface area contributed by atoms with Gasteiger partial charge in [-0.05, 0) is 19.1 Å². The molecule has 0 fully saturated rings. The van der Waals surface area contributed by atoms with Crippen LogP contribution in [0.4, 0.5) is 5.69 Å². The van der Waals surface area contributed by atoms with E-state index >= 15 is 0 Å². The van der Waals surface area contributed by atoms with E-state index in [1.807, 2.05) is 31.2 Å². The molecule has 4 heteroatoms. The fourth-order valence-electron chi connectivity index (χ4n) is 2.02. The zero-order valence-electron chi connectivity index (χ0n) is 10.8. The molecule has 2 rings (SSSR count). The molecule has 18 heavy (non-hydrogen) atoms. The highest BCUT2D eigenvalue weighted by Crippen LogP contribution is 2.23. The molecule has 0 saturated carbocycles. The van der Waals surface area contributed by atoms with Gasteiger partial charge in [0, 0.05) is 30.4 Å². The van der Waals surface area contributed by atoms with Crippen molar-refractivity contribution < 1.29 is 4.74 Å². The molecule has 0 aliphatic carbocycles. The Morgan fingerprint density at radius 1 is 1.39 bits per heavy atom.